The van der Waals surface area contributed by atoms with Crippen molar-refractivity contribution >= 4 is 20.4 Å². The lowest BCUT2D eigenvalue weighted by Crippen LogP contribution is -1.99. The van der Waals surface area contributed by atoms with Gasteiger partial charge in [-0.15, -0.1) is 0 Å². The topological polar surface area (TPSA) is 58.9 Å². The molecule has 0 fully saturated rings. The van der Waals surface area contributed by atoms with Crippen molar-refractivity contribution in [2.45, 2.75) is 0 Å². The molecule has 0 aromatic carbocycles. The molecule has 0 aliphatic heterocycles. The van der Waals surface area contributed by atoms with Crippen molar-refractivity contribution in [3.63, 3.8) is 0 Å². The summed E-state index contributed by atoms with van der Waals surface area (Å²) in [6.45, 7) is -0.308. The standard InChI is InChI=1S/C3H4BNO3/c4-8-2-5-1-3(6)7/h2H,1H2,(H,6,7). The van der Waals surface area contributed by atoms with Gasteiger partial charge in [0.05, 0.1) is 0 Å². The highest BCUT2D eigenvalue weighted by Crippen LogP contribution is 1.66. The third-order valence-corrected chi connectivity index (χ3v) is 0.362. The van der Waals surface area contributed by atoms with E-state index in [4.69, 9.17) is 5.11 Å². The van der Waals surface area contributed by atoms with Gasteiger partial charge in [-0.3, -0.25) is 4.79 Å². The molecule has 0 unspecified atom stereocenters. The Morgan fingerprint density at radius 2 is 2.62 bits per heavy atom. The lowest BCUT2D eigenvalue weighted by Gasteiger charge is -1.83. The maximum atomic E-state index is 9.66. The molecule has 2 radical (unpaired) electrons. The van der Waals surface area contributed by atoms with Crippen LogP contribution in [0.3, 0.4) is 0 Å². The summed E-state index contributed by atoms with van der Waals surface area (Å²) in [6.07, 6.45) is 0.869. The number of carboxylic acid groups (broad SMARTS) is 1. The molecule has 5 heteroatoms. The summed E-state index contributed by atoms with van der Waals surface area (Å²) >= 11 is 0. The lowest BCUT2D eigenvalue weighted by atomic mass is 10.6. The molecular weight excluding hydrogens is 109 g/mol. The van der Waals surface area contributed by atoms with Gasteiger partial charge in [0, 0.05) is 0 Å². The Bertz CT molecular complexity index is 103. The van der Waals surface area contributed by atoms with Crippen LogP contribution >= 0.6 is 0 Å². The molecule has 0 spiro atoms. The number of hydrogen-bond acceptors (Lipinski definition) is 3. The Kier molecular flexibility index (Phi) is 3.65. The van der Waals surface area contributed by atoms with Gasteiger partial charge in [-0.05, 0) is 0 Å². The number of aliphatic carboxylic acids is 1. The number of nitrogens with zero attached hydrogens (tertiary/aromatic N) is 1. The highest BCUT2D eigenvalue weighted by Gasteiger charge is 1.87. The molecular formula is C3H4BNO3. The fraction of sp³-hybridized carbons (Fsp3) is 0.333. The molecule has 0 amide bonds. The Morgan fingerprint density at radius 1 is 2.00 bits per heavy atom. The summed E-state index contributed by atoms with van der Waals surface area (Å²) in [4.78, 5) is 12.9. The molecule has 0 aliphatic carbocycles. The van der Waals surface area contributed by atoms with Gasteiger partial charge in [0.25, 0.3) is 0 Å². The summed E-state index contributed by atoms with van der Waals surface area (Å²) in [5.41, 5.74) is 0. The zero-order valence-electron chi connectivity index (χ0n) is 4.07. The second-order valence-electron chi connectivity index (χ2n) is 0.976. The molecule has 0 rings (SSSR count). The van der Waals surface area contributed by atoms with Crippen molar-refractivity contribution in [2.75, 3.05) is 6.54 Å². The fourth-order valence-electron chi connectivity index (χ4n) is 0.158. The van der Waals surface area contributed by atoms with Gasteiger partial charge in [0.15, 0.2) is 6.40 Å². The first-order valence-electron chi connectivity index (χ1n) is 1.83. The summed E-state index contributed by atoms with van der Waals surface area (Å²) < 4.78 is 3.84. The third-order valence-electron chi connectivity index (χ3n) is 0.362. The molecule has 42 valence electrons. The molecule has 0 atom stereocenters. The van der Waals surface area contributed by atoms with Crippen LogP contribution < -0.4 is 0 Å². The van der Waals surface area contributed by atoms with Crippen molar-refractivity contribution in [1.29, 1.82) is 0 Å². The lowest BCUT2D eigenvalue weighted by molar-refractivity contribution is -0.135. The van der Waals surface area contributed by atoms with Crippen molar-refractivity contribution in [1.82, 2.24) is 0 Å². The molecule has 4 nitrogen and oxygen atoms in total. The Morgan fingerprint density at radius 3 is 3.00 bits per heavy atom. The first kappa shape index (κ1) is 7.00. The molecule has 0 saturated carbocycles. The molecule has 1 N–H and O–H groups in total. The Labute approximate surface area is 47.6 Å². The van der Waals surface area contributed by atoms with Gasteiger partial charge in [-0.1, -0.05) is 0 Å². The van der Waals surface area contributed by atoms with Crippen LogP contribution in [0.5, 0.6) is 0 Å². The highest BCUT2D eigenvalue weighted by molar-refractivity contribution is 6.02. The van der Waals surface area contributed by atoms with Gasteiger partial charge >= 0.3 is 14.0 Å². The largest absolute Gasteiger partial charge is 0.560 e. The van der Waals surface area contributed by atoms with Crippen LogP contribution in [0.2, 0.25) is 0 Å². The minimum Gasteiger partial charge on any atom is -0.560 e. The maximum Gasteiger partial charge on any atom is 0.375 e. The van der Waals surface area contributed by atoms with Gasteiger partial charge < -0.3 is 9.76 Å². The number of hydrogen-bond donors (Lipinski definition) is 1. The summed E-state index contributed by atoms with van der Waals surface area (Å²) in [5, 5.41) is 7.93. The van der Waals surface area contributed by atoms with E-state index in [9.17, 15) is 4.79 Å². The van der Waals surface area contributed by atoms with Gasteiger partial charge in [-0.25, -0.2) is 4.99 Å². The zero-order valence-corrected chi connectivity index (χ0v) is 4.07. The molecule has 0 saturated heterocycles. The minimum atomic E-state index is -1.02. The van der Waals surface area contributed by atoms with Crippen LogP contribution in [0.15, 0.2) is 4.99 Å². The first-order chi connectivity index (χ1) is 3.77. The molecule has 0 aromatic heterocycles. The van der Waals surface area contributed by atoms with E-state index in [2.05, 4.69) is 17.7 Å². The number of carboxylic acids is 1. The molecule has 0 aromatic rings. The summed E-state index contributed by atoms with van der Waals surface area (Å²) in [7, 11) is 4.47. The molecule has 0 bridgehead atoms. The van der Waals surface area contributed by atoms with Crippen LogP contribution in [0.25, 0.3) is 0 Å². The zero-order chi connectivity index (χ0) is 6.41. The fourth-order valence-corrected chi connectivity index (χ4v) is 0.158. The van der Waals surface area contributed by atoms with Crippen LogP contribution in [-0.2, 0) is 9.45 Å². The van der Waals surface area contributed by atoms with Crippen molar-refractivity contribution in [2.24, 2.45) is 4.99 Å². The van der Waals surface area contributed by atoms with Crippen LogP contribution in [0.1, 0.15) is 0 Å². The molecule has 0 aliphatic rings. The van der Waals surface area contributed by atoms with Crippen LogP contribution in [0.4, 0.5) is 0 Å². The normalized spacial score (nSPS) is 9.50. The quantitative estimate of drug-likeness (QED) is 0.296. The van der Waals surface area contributed by atoms with Crippen molar-refractivity contribution in [3.05, 3.63) is 0 Å². The van der Waals surface area contributed by atoms with Crippen molar-refractivity contribution in [3.8, 4) is 0 Å². The van der Waals surface area contributed by atoms with Crippen LogP contribution in [0, 0.1) is 0 Å². The third kappa shape index (κ3) is 5.00. The van der Waals surface area contributed by atoms with E-state index < -0.39 is 5.97 Å². The second kappa shape index (κ2) is 4.17. The Hall–Kier alpha value is -0.995. The molecule has 8 heavy (non-hydrogen) atoms. The maximum absolute atomic E-state index is 9.66. The smallest absolute Gasteiger partial charge is 0.375 e. The van der Waals surface area contributed by atoms with E-state index in [0.717, 1.165) is 6.40 Å². The van der Waals surface area contributed by atoms with E-state index in [-0.39, 0.29) is 6.54 Å². The van der Waals surface area contributed by atoms with E-state index in [0.29, 0.717) is 0 Å². The molecule has 0 heterocycles. The van der Waals surface area contributed by atoms with E-state index in [1.807, 2.05) is 0 Å². The average Bonchev–Trinajstić information content (AvgIpc) is 1.66. The van der Waals surface area contributed by atoms with E-state index >= 15 is 0 Å². The summed E-state index contributed by atoms with van der Waals surface area (Å²) in [6, 6.07) is 0. The average molecular weight is 113 g/mol. The van der Waals surface area contributed by atoms with Crippen molar-refractivity contribution < 1.29 is 14.6 Å². The highest BCUT2D eigenvalue weighted by atomic mass is 16.4. The van der Waals surface area contributed by atoms with E-state index in [1.165, 1.54) is 0 Å². The predicted octanol–water partition coefficient (Wildman–Crippen LogP) is -0.801. The van der Waals surface area contributed by atoms with Gasteiger partial charge in [0.2, 0.25) is 0 Å². The minimum absolute atomic E-state index is 0.308. The SMILES string of the molecule is [B]OC=NCC(=O)O. The van der Waals surface area contributed by atoms with Crippen LogP contribution in [-0.4, -0.2) is 32.1 Å². The number of aliphatic imine (C=N–C) groups is 1. The number of rotatable bonds is 3. The predicted molar refractivity (Wildman–Crippen MR) is 27.8 cm³/mol. The first-order valence-corrected chi connectivity index (χ1v) is 1.83. The monoisotopic (exact) mass is 113 g/mol. The van der Waals surface area contributed by atoms with Gasteiger partial charge in [-0.2, -0.15) is 0 Å². The number of carbonyl (C=O) groups is 1. The van der Waals surface area contributed by atoms with E-state index in [1.54, 1.807) is 0 Å². The van der Waals surface area contributed by atoms with Gasteiger partial charge in [0.1, 0.15) is 6.54 Å². The summed E-state index contributed by atoms with van der Waals surface area (Å²) in [5.74, 6) is -1.02. The second-order valence-corrected chi connectivity index (χ2v) is 0.976. The Balaban J connectivity index is 3.16.